The molecule has 72 valence electrons. The zero-order valence-corrected chi connectivity index (χ0v) is 9.10. The Labute approximate surface area is 80.7 Å². The van der Waals surface area contributed by atoms with Crippen LogP contribution in [0.3, 0.4) is 0 Å². The van der Waals surface area contributed by atoms with E-state index in [-0.39, 0.29) is 11.0 Å². The van der Waals surface area contributed by atoms with E-state index in [1.165, 1.54) is 0 Å². The third kappa shape index (κ3) is 4.12. The lowest BCUT2D eigenvalue weighted by molar-refractivity contribution is -0.115. The van der Waals surface area contributed by atoms with E-state index in [9.17, 15) is 4.79 Å². The molecule has 1 aliphatic rings. The summed E-state index contributed by atoms with van der Waals surface area (Å²) in [6.07, 6.45) is 1.97. The average Bonchev–Trinajstić information content (AvgIpc) is 2.09. The maximum atomic E-state index is 10.8. The highest BCUT2D eigenvalue weighted by Gasteiger charge is 2.20. The summed E-state index contributed by atoms with van der Waals surface area (Å²) in [5.74, 6) is 0.222. The van der Waals surface area contributed by atoms with Gasteiger partial charge in [-0.3, -0.25) is 4.79 Å². The number of carbonyl (C=O) groups excluding carboxylic acids is 1. The van der Waals surface area contributed by atoms with Crippen LogP contribution in [0.1, 0.15) is 26.7 Å². The fourth-order valence-corrected chi connectivity index (χ4v) is 1.51. The van der Waals surface area contributed by atoms with Gasteiger partial charge in [0.25, 0.3) is 0 Å². The topological polar surface area (TPSA) is 20.3 Å². The molecular weight excluding hydrogens is 170 g/mol. The van der Waals surface area contributed by atoms with Gasteiger partial charge >= 0.3 is 0 Å². The van der Waals surface area contributed by atoms with Gasteiger partial charge in [-0.1, -0.05) is 13.8 Å². The summed E-state index contributed by atoms with van der Waals surface area (Å²) < 4.78 is 0. The first kappa shape index (κ1) is 12.0. The molecule has 0 amide bonds. The Bertz CT molecular complexity index is 130. The van der Waals surface area contributed by atoms with Crippen molar-refractivity contribution in [2.24, 2.45) is 5.92 Å². The molecule has 0 aromatic rings. The predicted octanol–water partition coefficient (Wildman–Crippen LogP) is 1.81. The molecule has 0 aliphatic carbocycles. The molecule has 0 bridgehead atoms. The van der Waals surface area contributed by atoms with Crippen LogP contribution in [0, 0.1) is 5.92 Å². The van der Waals surface area contributed by atoms with Crippen LogP contribution in [0.4, 0.5) is 0 Å². The van der Waals surface area contributed by atoms with E-state index in [1.54, 1.807) is 0 Å². The van der Waals surface area contributed by atoms with Gasteiger partial charge in [-0.25, -0.2) is 0 Å². The lowest BCUT2D eigenvalue weighted by atomic mass is 9.99. The molecule has 3 heteroatoms. The molecule has 0 spiro atoms. The summed E-state index contributed by atoms with van der Waals surface area (Å²) in [5.41, 5.74) is 0. The molecule has 0 unspecified atom stereocenters. The lowest BCUT2D eigenvalue weighted by Gasteiger charge is -2.26. The number of carbonyl (C=O) groups is 1. The molecular formula is C9H19NOS. The van der Waals surface area contributed by atoms with E-state index in [1.807, 2.05) is 13.8 Å². The third-order valence-corrected chi connectivity index (χ3v) is 2.43. The van der Waals surface area contributed by atoms with Gasteiger partial charge in [0.1, 0.15) is 0 Å². The molecule has 1 aliphatic heterocycles. The van der Waals surface area contributed by atoms with E-state index < -0.39 is 0 Å². The van der Waals surface area contributed by atoms with Crippen LogP contribution < -0.4 is 0 Å². The van der Waals surface area contributed by atoms with Crippen LogP contribution in [0.15, 0.2) is 0 Å². The van der Waals surface area contributed by atoms with Crippen LogP contribution in [-0.2, 0) is 4.79 Å². The van der Waals surface area contributed by atoms with Gasteiger partial charge in [0.15, 0.2) is 5.12 Å². The van der Waals surface area contributed by atoms with Gasteiger partial charge in [0.05, 0.1) is 0 Å². The Balaban J connectivity index is 0.000000561. The fraction of sp³-hybridized carbons (Fsp3) is 0.889. The zero-order valence-electron chi connectivity index (χ0n) is 8.21. The molecule has 1 heterocycles. The summed E-state index contributed by atoms with van der Waals surface area (Å²) in [5, 5.41) is 0.0631. The maximum absolute atomic E-state index is 10.8. The van der Waals surface area contributed by atoms with Crippen molar-refractivity contribution in [2.75, 3.05) is 20.1 Å². The molecule has 0 aromatic heterocycles. The standard InChI is InChI=1S/C7H13NOS.C2H6/c1-8-4-2-6(3-5-8)7(9)10;1-2/h6H,2-5H2,1H3,(H,9,10);1-2H3. The number of piperidine rings is 1. The zero-order chi connectivity index (χ0) is 9.56. The summed E-state index contributed by atoms with van der Waals surface area (Å²) in [6, 6.07) is 0. The molecule has 1 saturated heterocycles. The van der Waals surface area contributed by atoms with E-state index in [4.69, 9.17) is 0 Å². The fourth-order valence-electron chi connectivity index (χ4n) is 1.26. The SMILES string of the molecule is CC.CN1CCC(C(=O)S)CC1. The third-order valence-electron chi connectivity index (χ3n) is 2.07. The van der Waals surface area contributed by atoms with E-state index in [0.29, 0.717) is 0 Å². The molecule has 0 saturated carbocycles. The Hall–Kier alpha value is -0.0200. The number of thiol groups is 1. The molecule has 12 heavy (non-hydrogen) atoms. The second kappa shape index (κ2) is 6.49. The Morgan fingerprint density at radius 2 is 1.75 bits per heavy atom. The highest BCUT2D eigenvalue weighted by Crippen LogP contribution is 2.17. The first-order valence-electron chi connectivity index (χ1n) is 4.61. The van der Waals surface area contributed by atoms with Crippen LogP contribution in [0.25, 0.3) is 0 Å². The van der Waals surface area contributed by atoms with Gasteiger partial charge < -0.3 is 4.90 Å². The van der Waals surface area contributed by atoms with Crippen molar-refractivity contribution >= 4 is 17.7 Å². The average molecular weight is 189 g/mol. The van der Waals surface area contributed by atoms with E-state index >= 15 is 0 Å². The molecule has 0 radical (unpaired) electrons. The second-order valence-corrected chi connectivity index (χ2v) is 3.36. The van der Waals surface area contributed by atoms with Crippen molar-refractivity contribution in [1.29, 1.82) is 0 Å². The van der Waals surface area contributed by atoms with Crippen LogP contribution in [0.2, 0.25) is 0 Å². The Morgan fingerprint density at radius 3 is 2.08 bits per heavy atom. The molecule has 0 N–H and O–H groups in total. The van der Waals surface area contributed by atoms with E-state index in [2.05, 4.69) is 24.6 Å². The smallest absolute Gasteiger partial charge is 0.189 e. The number of nitrogens with zero attached hydrogens (tertiary/aromatic N) is 1. The van der Waals surface area contributed by atoms with Crippen LogP contribution in [-0.4, -0.2) is 30.2 Å². The number of hydrogen-bond donors (Lipinski definition) is 1. The van der Waals surface area contributed by atoms with Crippen molar-refractivity contribution in [3.63, 3.8) is 0 Å². The summed E-state index contributed by atoms with van der Waals surface area (Å²) in [7, 11) is 2.08. The van der Waals surface area contributed by atoms with Crippen molar-refractivity contribution in [3.05, 3.63) is 0 Å². The minimum atomic E-state index is 0.0631. The summed E-state index contributed by atoms with van der Waals surface area (Å²) in [6.45, 7) is 6.08. The molecule has 0 atom stereocenters. The Kier molecular flexibility index (Phi) is 6.48. The monoisotopic (exact) mass is 189 g/mol. The Morgan fingerprint density at radius 1 is 1.33 bits per heavy atom. The van der Waals surface area contributed by atoms with Gasteiger partial charge in [0, 0.05) is 5.92 Å². The van der Waals surface area contributed by atoms with Crippen molar-refractivity contribution in [1.82, 2.24) is 4.90 Å². The van der Waals surface area contributed by atoms with Gasteiger partial charge in [-0.15, -0.1) is 12.6 Å². The predicted molar refractivity (Wildman–Crippen MR) is 55.6 cm³/mol. The van der Waals surface area contributed by atoms with Gasteiger partial charge in [0.2, 0.25) is 0 Å². The van der Waals surface area contributed by atoms with Crippen molar-refractivity contribution in [3.8, 4) is 0 Å². The van der Waals surface area contributed by atoms with Crippen LogP contribution in [0.5, 0.6) is 0 Å². The lowest BCUT2D eigenvalue weighted by Crippen LogP contribution is -2.32. The highest BCUT2D eigenvalue weighted by atomic mass is 32.1. The molecule has 1 rings (SSSR count). The second-order valence-electron chi connectivity index (χ2n) is 2.92. The van der Waals surface area contributed by atoms with Crippen molar-refractivity contribution < 1.29 is 4.79 Å². The molecule has 2 nitrogen and oxygen atoms in total. The first-order chi connectivity index (χ1) is 5.70. The number of rotatable bonds is 1. The maximum Gasteiger partial charge on any atom is 0.189 e. The minimum absolute atomic E-state index is 0.0631. The first-order valence-corrected chi connectivity index (χ1v) is 5.06. The van der Waals surface area contributed by atoms with Crippen molar-refractivity contribution in [2.45, 2.75) is 26.7 Å². The summed E-state index contributed by atoms with van der Waals surface area (Å²) >= 11 is 3.81. The number of likely N-dealkylation sites (tertiary alicyclic amines) is 1. The quantitative estimate of drug-likeness (QED) is 0.635. The van der Waals surface area contributed by atoms with E-state index in [0.717, 1.165) is 25.9 Å². The largest absolute Gasteiger partial charge is 0.306 e. The minimum Gasteiger partial charge on any atom is -0.306 e. The highest BCUT2D eigenvalue weighted by molar-refractivity contribution is 7.96. The van der Waals surface area contributed by atoms with Gasteiger partial charge in [-0.2, -0.15) is 0 Å². The normalized spacial score (nSPS) is 19.7. The number of hydrogen-bond acceptors (Lipinski definition) is 2. The summed E-state index contributed by atoms with van der Waals surface area (Å²) in [4.78, 5) is 13.0. The van der Waals surface area contributed by atoms with Gasteiger partial charge in [-0.05, 0) is 33.0 Å². The van der Waals surface area contributed by atoms with Crippen LogP contribution >= 0.6 is 12.6 Å². The molecule has 0 aromatic carbocycles. The molecule has 1 fully saturated rings.